The molecule has 0 bridgehead atoms. The van der Waals surface area contributed by atoms with Crippen LogP contribution in [0.15, 0.2) is 23.1 Å². The topological polar surface area (TPSA) is 95.1 Å². The van der Waals surface area contributed by atoms with E-state index in [9.17, 15) is 4.79 Å². The van der Waals surface area contributed by atoms with Gasteiger partial charge in [0.1, 0.15) is 0 Å². The number of halogens is 1. The van der Waals surface area contributed by atoms with Crippen molar-refractivity contribution >= 4 is 35.0 Å². The molecule has 0 aliphatic heterocycles. The molecule has 0 aliphatic carbocycles. The molecule has 1 unspecified atom stereocenters. The summed E-state index contributed by atoms with van der Waals surface area (Å²) in [5.41, 5.74) is 16.8. The number of thioether (sulfide) groups is 1. The largest absolute Gasteiger partial charge is 0.398 e. The lowest BCUT2D eigenvalue weighted by atomic mass is 10.3. The molecule has 15 heavy (non-hydrogen) atoms. The van der Waals surface area contributed by atoms with Gasteiger partial charge in [0, 0.05) is 21.4 Å². The Morgan fingerprint density at radius 3 is 2.73 bits per heavy atom. The van der Waals surface area contributed by atoms with Crippen LogP contribution in [0.25, 0.3) is 0 Å². The molecular formula is C9H12ClN3OS. The van der Waals surface area contributed by atoms with Crippen molar-refractivity contribution in [2.75, 3.05) is 11.5 Å². The number of nitrogens with two attached hydrogens (primary N) is 3. The fourth-order valence-corrected chi connectivity index (χ4v) is 2.01. The number of carbonyl (C=O) groups excluding carboxylic acids is 1. The Kier molecular flexibility index (Phi) is 4.26. The molecule has 1 aromatic rings. The lowest BCUT2D eigenvalue weighted by Gasteiger charge is -2.08. The second-order valence-corrected chi connectivity index (χ2v) is 4.50. The normalized spacial score (nSPS) is 12.4. The molecule has 1 aromatic carbocycles. The van der Waals surface area contributed by atoms with Gasteiger partial charge in [-0.3, -0.25) is 4.79 Å². The molecule has 6 heteroatoms. The number of nitrogen functional groups attached to an aromatic ring is 1. The average Bonchev–Trinajstić information content (AvgIpc) is 2.15. The maximum absolute atomic E-state index is 10.7. The molecule has 6 N–H and O–H groups in total. The summed E-state index contributed by atoms with van der Waals surface area (Å²) in [5.74, 6) is -0.115. The molecule has 1 atom stereocenters. The van der Waals surface area contributed by atoms with Crippen LogP contribution in [0.2, 0.25) is 5.02 Å². The molecule has 0 saturated heterocycles. The van der Waals surface area contributed by atoms with Crippen molar-refractivity contribution in [3.8, 4) is 0 Å². The van der Waals surface area contributed by atoms with Crippen LogP contribution in [0.1, 0.15) is 0 Å². The van der Waals surface area contributed by atoms with Gasteiger partial charge in [0.15, 0.2) is 0 Å². The zero-order chi connectivity index (χ0) is 11.4. The van der Waals surface area contributed by atoms with Gasteiger partial charge in [-0.25, -0.2) is 0 Å². The van der Waals surface area contributed by atoms with Crippen LogP contribution < -0.4 is 17.2 Å². The van der Waals surface area contributed by atoms with Crippen LogP contribution >= 0.6 is 23.4 Å². The number of amides is 1. The van der Waals surface area contributed by atoms with E-state index in [0.717, 1.165) is 4.90 Å². The number of benzene rings is 1. The summed E-state index contributed by atoms with van der Waals surface area (Å²) < 4.78 is 0. The Hall–Kier alpha value is -0.910. The number of rotatable bonds is 4. The quantitative estimate of drug-likeness (QED) is 0.541. The minimum absolute atomic E-state index is 0.404. The second kappa shape index (κ2) is 5.25. The van der Waals surface area contributed by atoms with Gasteiger partial charge in [0.25, 0.3) is 0 Å². The summed E-state index contributed by atoms with van der Waals surface area (Å²) in [4.78, 5) is 11.5. The van der Waals surface area contributed by atoms with Gasteiger partial charge in [-0.15, -0.1) is 11.8 Å². The molecule has 0 aliphatic rings. The van der Waals surface area contributed by atoms with E-state index in [-0.39, 0.29) is 0 Å². The van der Waals surface area contributed by atoms with Crippen molar-refractivity contribution in [3.05, 3.63) is 23.2 Å². The standard InChI is InChI=1S/C9H12ClN3OS/c10-5-1-2-8(6(11)3-5)15-4-7(12)9(13)14/h1-3,7H,4,11-12H2,(H2,13,14). The van der Waals surface area contributed by atoms with Crippen molar-refractivity contribution in [2.24, 2.45) is 11.5 Å². The first kappa shape index (κ1) is 12.2. The van der Waals surface area contributed by atoms with E-state index in [0.29, 0.717) is 16.5 Å². The third-order valence-electron chi connectivity index (χ3n) is 1.76. The molecule has 1 amide bonds. The number of carbonyl (C=O) groups is 1. The SMILES string of the molecule is NC(=O)C(N)CSc1ccc(Cl)cc1N. The van der Waals surface area contributed by atoms with Crippen molar-refractivity contribution in [1.29, 1.82) is 0 Å². The van der Waals surface area contributed by atoms with Crippen molar-refractivity contribution in [2.45, 2.75) is 10.9 Å². The van der Waals surface area contributed by atoms with Gasteiger partial charge in [-0.1, -0.05) is 11.6 Å². The summed E-state index contributed by atoms with van der Waals surface area (Å²) in [6.07, 6.45) is 0. The highest BCUT2D eigenvalue weighted by Crippen LogP contribution is 2.27. The van der Waals surface area contributed by atoms with Crippen LogP contribution in [0, 0.1) is 0 Å². The van der Waals surface area contributed by atoms with E-state index in [1.807, 2.05) is 0 Å². The number of hydrogen-bond donors (Lipinski definition) is 3. The maximum atomic E-state index is 10.7. The molecular weight excluding hydrogens is 234 g/mol. The van der Waals surface area contributed by atoms with Gasteiger partial charge >= 0.3 is 0 Å². The Labute approximate surface area is 97.1 Å². The zero-order valence-corrected chi connectivity index (χ0v) is 9.52. The summed E-state index contributed by atoms with van der Waals surface area (Å²) >= 11 is 7.12. The Balaban J connectivity index is 2.62. The van der Waals surface area contributed by atoms with Gasteiger partial charge in [0.2, 0.25) is 5.91 Å². The molecule has 0 aromatic heterocycles. The molecule has 4 nitrogen and oxygen atoms in total. The first-order valence-electron chi connectivity index (χ1n) is 4.23. The van der Waals surface area contributed by atoms with Crippen LogP contribution in [-0.4, -0.2) is 17.7 Å². The fraction of sp³-hybridized carbons (Fsp3) is 0.222. The van der Waals surface area contributed by atoms with Crippen molar-refractivity contribution in [3.63, 3.8) is 0 Å². The van der Waals surface area contributed by atoms with E-state index in [4.69, 9.17) is 28.8 Å². The predicted octanol–water partition coefficient (Wildman–Crippen LogP) is 0.827. The molecule has 0 heterocycles. The fourth-order valence-electron chi connectivity index (χ4n) is 0.912. The van der Waals surface area contributed by atoms with Gasteiger partial charge in [-0.2, -0.15) is 0 Å². The van der Waals surface area contributed by atoms with Crippen LogP contribution in [-0.2, 0) is 4.79 Å². The summed E-state index contributed by atoms with van der Waals surface area (Å²) in [6, 6.07) is 4.51. The lowest BCUT2D eigenvalue weighted by molar-refractivity contribution is -0.118. The number of hydrogen-bond acceptors (Lipinski definition) is 4. The number of primary amides is 1. The van der Waals surface area contributed by atoms with Crippen LogP contribution in [0.4, 0.5) is 5.69 Å². The molecule has 0 spiro atoms. The minimum atomic E-state index is -0.662. The second-order valence-electron chi connectivity index (χ2n) is 3.00. The van der Waals surface area contributed by atoms with Gasteiger partial charge in [-0.05, 0) is 18.2 Å². The molecule has 0 radical (unpaired) electrons. The van der Waals surface area contributed by atoms with Crippen molar-refractivity contribution in [1.82, 2.24) is 0 Å². The Bertz CT molecular complexity index is 372. The minimum Gasteiger partial charge on any atom is -0.398 e. The summed E-state index contributed by atoms with van der Waals surface area (Å²) in [7, 11) is 0. The van der Waals surface area contributed by atoms with Gasteiger partial charge in [0.05, 0.1) is 6.04 Å². The summed E-state index contributed by atoms with van der Waals surface area (Å²) in [5, 5.41) is 0.580. The highest BCUT2D eigenvalue weighted by molar-refractivity contribution is 7.99. The zero-order valence-electron chi connectivity index (χ0n) is 7.94. The molecule has 1 rings (SSSR count). The molecule has 82 valence electrons. The smallest absolute Gasteiger partial charge is 0.235 e. The highest BCUT2D eigenvalue weighted by Gasteiger charge is 2.10. The first-order chi connectivity index (χ1) is 7.00. The molecule has 0 saturated carbocycles. The Morgan fingerprint density at radius 1 is 1.53 bits per heavy atom. The van der Waals surface area contributed by atoms with E-state index < -0.39 is 11.9 Å². The predicted molar refractivity (Wildman–Crippen MR) is 63.8 cm³/mol. The first-order valence-corrected chi connectivity index (χ1v) is 5.60. The third-order valence-corrected chi connectivity index (χ3v) is 3.20. The third kappa shape index (κ3) is 3.62. The van der Waals surface area contributed by atoms with E-state index in [1.165, 1.54) is 11.8 Å². The number of anilines is 1. The summed E-state index contributed by atoms with van der Waals surface area (Å²) in [6.45, 7) is 0. The van der Waals surface area contributed by atoms with Crippen LogP contribution in [0.3, 0.4) is 0 Å². The van der Waals surface area contributed by atoms with Gasteiger partial charge < -0.3 is 17.2 Å². The van der Waals surface area contributed by atoms with E-state index in [1.54, 1.807) is 18.2 Å². The molecule has 0 fully saturated rings. The monoisotopic (exact) mass is 245 g/mol. The lowest BCUT2D eigenvalue weighted by Crippen LogP contribution is -2.38. The average molecular weight is 246 g/mol. The van der Waals surface area contributed by atoms with E-state index in [2.05, 4.69) is 0 Å². The maximum Gasteiger partial charge on any atom is 0.235 e. The Morgan fingerprint density at radius 2 is 2.20 bits per heavy atom. The highest BCUT2D eigenvalue weighted by atomic mass is 35.5. The van der Waals surface area contributed by atoms with E-state index >= 15 is 0 Å². The van der Waals surface area contributed by atoms with Crippen molar-refractivity contribution < 1.29 is 4.79 Å². The van der Waals surface area contributed by atoms with Crippen LogP contribution in [0.5, 0.6) is 0 Å².